The molecule has 0 amide bonds. The highest BCUT2D eigenvalue weighted by Crippen LogP contribution is 2.35. The van der Waals surface area contributed by atoms with Gasteiger partial charge in [0.15, 0.2) is 5.78 Å². The summed E-state index contributed by atoms with van der Waals surface area (Å²) in [5.74, 6) is -1.09. The first-order valence-electron chi connectivity index (χ1n) is 6.77. The predicted octanol–water partition coefficient (Wildman–Crippen LogP) is 2.27. The van der Waals surface area contributed by atoms with Gasteiger partial charge in [-0.1, -0.05) is 12.1 Å². The lowest BCUT2D eigenvalue weighted by Gasteiger charge is -2.25. The van der Waals surface area contributed by atoms with Crippen molar-refractivity contribution in [2.75, 3.05) is 0 Å². The molecule has 21 heavy (non-hydrogen) atoms. The zero-order chi connectivity index (χ0) is 15.0. The third-order valence-electron chi connectivity index (χ3n) is 3.93. The molecule has 2 atom stereocenters. The van der Waals surface area contributed by atoms with Crippen LogP contribution in [-0.2, 0) is 14.3 Å². The van der Waals surface area contributed by atoms with Gasteiger partial charge in [0, 0.05) is 12.1 Å². The topological polar surface area (TPSA) is 86.5 Å². The Labute approximate surface area is 120 Å². The van der Waals surface area contributed by atoms with E-state index in [1.54, 1.807) is 6.07 Å². The Balaban J connectivity index is 1.94. The number of nitro groups is 1. The molecule has 2 aliphatic rings. The van der Waals surface area contributed by atoms with Gasteiger partial charge in [-0.15, -0.1) is 0 Å². The number of Topliss-reactive ketones (excluding diaryl/α,β-unsaturated/α-hetero) is 1. The number of ether oxygens (including phenoxy) is 1. The minimum absolute atomic E-state index is 0.0151. The van der Waals surface area contributed by atoms with Crippen molar-refractivity contribution in [2.24, 2.45) is 5.92 Å². The van der Waals surface area contributed by atoms with E-state index in [1.165, 1.54) is 24.3 Å². The first kappa shape index (κ1) is 13.5. The fourth-order valence-corrected chi connectivity index (χ4v) is 2.89. The Kier molecular flexibility index (Phi) is 3.29. The standard InChI is InChI=1S/C15H13NO5/c17-14-11-5-2-6-13(11)21-15(18)12(14)8-9-3-1-4-10(7-9)16(19)20/h1,3-4,7-8,11,13H,2,5-6H2/b12-8-. The van der Waals surface area contributed by atoms with Gasteiger partial charge in [0.05, 0.1) is 10.8 Å². The lowest BCUT2D eigenvalue weighted by molar-refractivity contribution is -0.384. The number of carbonyl (C=O) groups excluding carboxylic acids is 2. The lowest BCUT2D eigenvalue weighted by atomic mass is 9.90. The van der Waals surface area contributed by atoms with Crippen molar-refractivity contribution < 1.29 is 19.2 Å². The van der Waals surface area contributed by atoms with Crippen LogP contribution in [0.4, 0.5) is 5.69 Å². The molecule has 0 N–H and O–H groups in total. The largest absolute Gasteiger partial charge is 0.458 e. The van der Waals surface area contributed by atoms with Gasteiger partial charge in [-0.2, -0.15) is 0 Å². The zero-order valence-electron chi connectivity index (χ0n) is 11.2. The Bertz CT molecular complexity index is 664. The summed E-state index contributed by atoms with van der Waals surface area (Å²) in [5, 5.41) is 10.7. The van der Waals surface area contributed by atoms with E-state index in [-0.39, 0.29) is 29.1 Å². The Hall–Kier alpha value is -2.50. The van der Waals surface area contributed by atoms with Crippen LogP contribution in [0.2, 0.25) is 0 Å². The van der Waals surface area contributed by atoms with Crippen LogP contribution in [0.5, 0.6) is 0 Å². The van der Waals surface area contributed by atoms with E-state index in [9.17, 15) is 19.7 Å². The lowest BCUT2D eigenvalue weighted by Crippen LogP contribution is -2.37. The Morgan fingerprint density at radius 1 is 1.29 bits per heavy atom. The van der Waals surface area contributed by atoms with Crippen LogP contribution in [0.3, 0.4) is 0 Å². The molecule has 6 nitrogen and oxygen atoms in total. The molecular formula is C15H13NO5. The van der Waals surface area contributed by atoms with E-state index in [0.717, 1.165) is 19.3 Å². The van der Waals surface area contributed by atoms with Crippen LogP contribution in [0.25, 0.3) is 6.08 Å². The van der Waals surface area contributed by atoms with Crippen LogP contribution >= 0.6 is 0 Å². The summed E-state index contributed by atoms with van der Waals surface area (Å²) in [6.45, 7) is 0. The SMILES string of the molecule is O=C1OC2CCCC2C(=O)/C1=C/c1cccc([N+](=O)[O-])c1. The minimum atomic E-state index is -0.630. The van der Waals surface area contributed by atoms with E-state index in [4.69, 9.17) is 4.74 Å². The molecule has 0 aromatic heterocycles. The molecule has 1 saturated carbocycles. The number of hydrogen-bond acceptors (Lipinski definition) is 5. The number of nitro benzene ring substituents is 1. The number of nitrogens with zero attached hydrogens (tertiary/aromatic N) is 1. The molecule has 1 aromatic rings. The summed E-state index contributed by atoms with van der Waals surface area (Å²) >= 11 is 0. The normalized spacial score (nSPS) is 26.6. The van der Waals surface area contributed by atoms with Gasteiger partial charge < -0.3 is 4.74 Å². The molecule has 1 saturated heterocycles. The number of benzene rings is 1. The average molecular weight is 287 g/mol. The monoisotopic (exact) mass is 287 g/mol. The van der Waals surface area contributed by atoms with E-state index >= 15 is 0 Å². The first-order chi connectivity index (χ1) is 10.1. The van der Waals surface area contributed by atoms with Gasteiger partial charge in [-0.05, 0) is 30.9 Å². The zero-order valence-corrected chi connectivity index (χ0v) is 11.2. The van der Waals surface area contributed by atoms with Crippen molar-refractivity contribution in [3.05, 3.63) is 45.5 Å². The van der Waals surface area contributed by atoms with E-state index in [0.29, 0.717) is 5.56 Å². The van der Waals surface area contributed by atoms with E-state index in [1.807, 2.05) is 0 Å². The van der Waals surface area contributed by atoms with Gasteiger partial charge in [0.2, 0.25) is 0 Å². The second kappa shape index (κ2) is 5.12. The van der Waals surface area contributed by atoms with Crippen molar-refractivity contribution in [1.82, 2.24) is 0 Å². The van der Waals surface area contributed by atoms with E-state index < -0.39 is 10.9 Å². The third kappa shape index (κ3) is 2.44. The smallest absolute Gasteiger partial charge is 0.342 e. The fraction of sp³-hybridized carbons (Fsp3) is 0.333. The quantitative estimate of drug-likeness (QED) is 0.274. The van der Waals surface area contributed by atoms with Gasteiger partial charge in [-0.3, -0.25) is 14.9 Å². The number of hydrogen-bond donors (Lipinski definition) is 0. The van der Waals surface area contributed by atoms with Crippen molar-refractivity contribution in [1.29, 1.82) is 0 Å². The molecule has 0 bridgehead atoms. The summed E-state index contributed by atoms with van der Waals surface area (Å²) in [5.41, 5.74) is 0.347. The molecule has 1 heterocycles. The molecule has 2 unspecified atom stereocenters. The number of fused-ring (bicyclic) bond motifs is 1. The highest BCUT2D eigenvalue weighted by Gasteiger charge is 2.43. The number of carbonyl (C=O) groups is 2. The first-order valence-corrected chi connectivity index (χ1v) is 6.77. The van der Waals surface area contributed by atoms with Gasteiger partial charge in [-0.25, -0.2) is 4.79 Å². The van der Waals surface area contributed by atoms with Crippen LogP contribution in [0.1, 0.15) is 24.8 Å². The molecule has 108 valence electrons. The second-order valence-corrected chi connectivity index (χ2v) is 5.26. The third-order valence-corrected chi connectivity index (χ3v) is 3.93. The fourth-order valence-electron chi connectivity index (χ4n) is 2.89. The number of ketones is 1. The average Bonchev–Trinajstić information content (AvgIpc) is 2.92. The molecule has 1 aliphatic carbocycles. The number of rotatable bonds is 2. The summed E-state index contributed by atoms with van der Waals surface area (Å²) in [6.07, 6.45) is 3.41. The van der Waals surface area contributed by atoms with Gasteiger partial charge >= 0.3 is 5.97 Å². The van der Waals surface area contributed by atoms with Gasteiger partial charge in [0.1, 0.15) is 11.7 Å². The van der Waals surface area contributed by atoms with Crippen LogP contribution in [0, 0.1) is 16.0 Å². The van der Waals surface area contributed by atoms with E-state index in [2.05, 4.69) is 0 Å². The minimum Gasteiger partial charge on any atom is -0.458 e. The summed E-state index contributed by atoms with van der Waals surface area (Å²) in [6, 6.07) is 5.81. The van der Waals surface area contributed by atoms with Crippen molar-refractivity contribution >= 4 is 23.5 Å². The van der Waals surface area contributed by atoms with Gasteiger partial charge in [0.25, 0.3) is 5.69 Å². The van der Waals surface area contributed by atoms with Crippen molar-refractivity contribution in [2.45, 2.75) is 25.4 Å². The molecule has 3 rings (SSSR count). The molecule has 1 aliphatic heterocycles. The molecule has 2 fully saturated rings. The maximum absolute atomic E-state index is 12.3. The van der Waals surface area contributed by atoms with Crippen molar-refractivity contribution in [3.8, 4) is 0 Å². The van der Waals surface area contributed by atoms with Crippen LogP contribution < -0.4 is 0 Å². The maximum atomic E-state index is 12.3. The molecule has 6 heteroatoms. The van der Waals surface area contributed by atoms with Crippen LogP contribution in [-0.4, -0.2) is 22.8 Å². The number of non-ortho nitro benzene ring substituents is 1. The highest BCUT2D eigenvalue weighted by atomic mass is 16.6. The maximum Gasteiger partial charge on any atom is 0.342 e. The van der Waals surface area contributed by atoms with Crippen LogP contribution in [0.15, 0.2) is 29.8 Å². The highest BCUT2D eigenvalue weighted by molar-refractivity contribution is 6.23. The second-order valence-electron chi connectivity index (χ2n) is 5.26. The molecule has 0 radical (unpaired) electrons. The van der Waals surface area contributed by atoms with Crippen molar-refractivity contribution in [3.63, 3.8) is 0 Å². The Morgan fingerprint density at radius 2 is 2.10 bits per heavy atom. The summed E-state index contributed by atoms with van der Waals surface area (Å²) in [7, 11) is 0. The summed E-state index contributed by atoms with van der Waals surface area (Å²) < 4.78 is 5.28. The molecule has 1 aromatic carbocycles. The Morgan fingerprint density at radius 3 is 2.86 bits per heavy atom. The summed E-state index contributed by atoms with van der Waals surface area (Å²) in [4.78, 5) is 34.5. The number of esters is 1. The molecule has 0 spiro atoms. The molecular weight excluding hydrogens is 274 g/mol. The predicted molar refractivity (Wildman–Crippen MR) is 73.3 cm³/mol.